The first kappa shape index (κ1) is 9.97. The molecule has 0 saturated heterocycles. The first-order chi connectivity index (χ1) is 7.22. The number of furan rings is 1. The summed E-state index contributed by atoms with van der Waals surface area (Å²) in [5.41, 5.74) is 6.22. The predicted octanol–water partition coefficient (Wildman–Crippen LogP) is 2.12. The molecular weight excluding hydrogens is 260 g/mol. The molecular formula is C9H9BrN4O. The lowest BCUT2D eigenvalue weighted by Crippen LogP contribution is -2.02. The summed E-state index contributed by atoms with van der Waals surface area (Å²) in [7, 11) is 1.76. The van der Waals surface area contributed by atoms with Crippen molar-refractivity contribution in [2.45, 2.75) is 0 Å². The summed E-state index contributed by atoms with van der Waals surface area (Å²) >= 11 is 3.39. The van der Waals surface area contributed by atoms with Gasteiger partial charge in [-0.25, -0.2) is 4.98 Å². The molecule has 0 aliphatic carbocycles. The van der Waals surface area contributed by atoms with Crippen molar-refractivity contribution in [2.75, 3.05) is 18.1 Å². The molecule has 2 aromatic rings. The summed E-state index contributed by atoms with van der Waals surface area (Å²) in [4.78, 5) is 8.14. The molecule has 5 nitrogen and oxygen atoms in total. The highest BCUT2D eigenvalue weighted by molar-refractivity contribution is 9.10. The molecule has 0 spiro atoms. The van der Waals surface area contributed by atoms with Gasteiger partial charge in [0, 0.05) is 7.05 Å². The monoisotopic (exact) mass is 268 g/mol. The number of hydrogen-bond acceptors (Lipinski definition) is 5. The molecule has 0 atom stereocenters. The van der Waals surface area contributed by atoms with E-state index in [1.54, 1.807) is 19.4 Å². The maximum Gasteiger partial charge on any atom is 0.222 e. The van der Waals surface area contributed by atoms with Crippen LogP contribution in [0.15, 0.2) is 27.3 Å². The number of hydrogen-bond donors (Lipinski definition) is 2. The molecule has 78 valence electrons. The predicted molar refractivity (Wildman–Crippen MR) is 61.4 cm³/mol. The van der Waals surface area contributed by atoms with Crippen LogP contribution in [0.25, 0.3) is 11.5 Å². The molecule has 0 aromatic carbocycles. The minimum atomic E-state index is 0.203. The number of anilines is 2. The number of nitrogens with one attached hydrogen (secondary N) is 1. The van der Waals surface area contributed by atoms with E-state index in [0.29, 0.717) is 17.3 Å². The van der Waals surface area contributed by atoms with Crippen molar-refractivity contribution in [3.8, 4) is 11.5 Å². The summed E-state index contributed by atoms with van der Waals surface area (Å²) in [6.45, 7) is 0. The van der Waals surface area contributed by atoms with Gasteiger partial charge >= 0.3 is 0 Å². The van der Waals surface area contributed by atoms with Crippen LogP contribution in [0.4, 0.5) is 11.8 Å². The van der Waals surface area contributed by atoms with Gasteiger partial charge in [0.1, 0.15) is 11.5 Å². The lowest BCUT2D eigenvalue weighted by Gasteiger charge is -2.06. The van der Waals surface area contributed by atoms with Gasteiger partial charge in [0.15, 0.2) is 5.76 Å². The fourth-order valence-corrected chi connectivity index (χ4v) is 1.78. The van der Waals surface area contributed by atoms with E-state index >= 15 is 0 Å². The SMILES string of the molecule is CNc1nc(N)nc(-c2ccco2)c1Br. The molecule has 0 aliphatic heterocycles. The van der Waals surface area contributed by atoms with Crippen molar-refractivity contribution in [1.29, 1.82) is 0 Å². The van der Waals surface area contributed by atoms with E-state index in [-0.39, 0.29) is 5.95 Å². The van der Waals surface area contributed by atoms with Crippen molar-refractivity contribution in [3.63, 3.8) is 0 Å². The highest BCUT2D eigenvalue weighted by Crippen LogP contribution is 2.31. The van der Waals surface area contributed by atoms with E-state index in [1.165, 1.54) is 0 Å². The Labute approximate surface area is 94.8 Å². The van der Waals surface area contributed by atoms with Crippen LogP contribution in [-0.4, -0.2) is 17.0 Å². The Morgan fingerprint density at radius 3 is 2.87 bits per heavy atom. The Morgan fingerprint density at radius 1 is 1.47 bits per heavy atom. The number of halogens is 1. The maximum atomic E-state index is 5.59. The molecule has 0 radical (unpaired) electrons. The third-order valence-electron chi connectivity index (χ3n) is 1.86. The number of nitrogens with two attached hydrogens (primary N) is 1. The second kappa shape index (κ2) is 3.90. The van der Waals surface area contributed by atoms with E-state index in [9.17, 15) is 0 Å². The minimum absolute atomic E-state index is 0.203. The molecule has 2 heterocycles. The summed E-state index contributed by atoms with van der Waals surface area (Å²) in [5.74, 6) is 1.48. The maximum absolute atomic E-state index is 5.59. The van der Waals surface area contributed by atoms with Gasteiger partial charge in [-0.15, -0.1) is 0 Å². The molecule has 15 heavy (non-hydrogen) atoms. The van der Waals surface area contributed by atoms with Crippen molar-refractivity contribution in [2.24, 2.45) is 0 Å². The fourth-order valence-electron chi connectivity index (χ4n) is 1.21. The second-order valence-electron chi connectivity index (χ2n) is 2.82. The van der Waals surface area contributed by atoms with Crippen LogP contribution < -0.4 is 11.1 Å². The molecule has 0 bridgehead atoms. The largest absolute Gasteiger partial charge is 0.463 e. The van der Waals surface area contributed by atoms with E-state index in [0.717, 1.165) is 4.47 Å². The van der Waals surface area contributed by atoms with Gasteiger partial charge in [0.25, 0.3) is 0 Å². The number of rotatable bonds is 2. The Balaban J connectivity index is 2.61. The van der Waals surface area contributed by atoms with Crippen LogP contribution in [0, 0.1) is 0 Å². The zero-order chi connectivity index (χ0) is 10.8. The lowest BCUT2D eigenvalue weighted by molar-refractivity contribution is 0.579. The zero-order valence-electron chi connectivity index (χ0n) is 7.99. The molecule has 0 aliphatic rings. The first-order valence-corrected chi connectivity index (χ1v) is 5.06. The fraction of sp³-hybridized carbons (Fsp3) is 0.111. The third-order valence-corrected chi connectivity index (χ3v) is 2.61. The van der Waals surface area contributed by atoms with E-state index in [2.05, 4.69) is 31.2 Å². The van der Waals surface area contributed by atoms with Gasteiger partial charge in [-0.1, -0.05) is 0 Å². The van der Waals surface area contributed by atoms with E-state index in [1.807, 2.05) is 6.07 Å². The van der Waals surface area contributed by atoms with E-state index < -0.39 is 0 Å². The second-order valence-corrected chi connectivity index (χ2v) is 3.61. The molecule has 0 fully saturated rings. The highest BCUT2D eigenvalue weighted by atomic mass is 79.9. The molecule has 0 saturated carbocycles. The molecule has 0 amide bonds. The lowest BCUT2D eigenvalue weighted by atomic mass is 10.3. The van der Waals surface area contributed by atoms with Crippen LogP contribution in [0.3, 0.4) is 0 Å². The van der Waals surface area contributed by atoms with Gasteiger partial charge in [0.2, 0.25) is 5.95 Å². The van der Waals surface area contributed by atoms with Crippen LogP contribution in [0.1, 0.15) is 0 Å². The highest BCUT2D eigenvalue weighted by Gasteiger charge is 2.13. The van der Waals surface area contributed by atoms with Gasteiger partial charge in [-0.05, 0) is 28.1 Å². The Bertz CT molecular complexity index is 469. The third kappa shape index (κ3) is 1.80. The topological polar surface area (TPSA) is 77.0 Å². The van der Waals surface area contributed by atoms with Gasteiger partial charge in [-0.3, -0.25) is 0 Å². The number of aromatic nitrogens is 2. The van der Waals surface area contributed by atoms with Crippen LogP contribution >= 0.6 is 15.9 Å². The van der Waals surface area contributed by atoms with Gasteiger partial charge < -0.3 is 15.5 Å². The normalized spacial score (nSPS) is 10.3. The summed E-state index contributed by atoms with van der Waals surface area (Å²) in [5, 5.41) is 2.92. The van der Waals surface area contributed by atoms with Gasteiger partial charge in [-0.2, -0.15) is 4.98 Å². The average Bonchev–Trinajstić information content (AvgIpc) is 2.74. The van der Waals surface area contributed by atoms with Gasteiger partial charge in [0.05, 0.1) is 10.7 Å². The first-order valence-electron chi connectivity index (χ1n) is 4.27. The Kier molecular flexibility index (Phi) is 2.59. The Hall–Kier alpha value is -1.56. The number of nitrogen functional groups attached to an aromatic ring is 1. The number of nitrogens with zero attached hydrogens (tertiary/aromatic N) is 2. The molecule has 0 unspecified atom stereocenters. The minimum Gasteiger partial charge on any atom is -0.463 e. The quantitative estimate of drug-likeness (QED) is 0.873. The molecule has 6 heteroatoms. The van der Waals surface area contributed by atoms with Crippen molar-refractivity contribution >= 4 is 27.7 Å². The summed E-state index contributed by atoms with van der Waals surface area (Å²) in [6, 6.07) is 3.60. The van der Waals surface area contributed by atoms with Crippen molar-refractivity contribution in [1.82, 2.24) is 9.97 Å². The van der Waals surface area contributed by atoms with Crippen LogP contribution in [0.2, 0.25) is 0 Å². The molecule has 2 rings (SSSR count). The standard InChI is InChI=1S/C9H9BrN4O/c1-12-8-6(10)7(13-9(11)14-8)5-3-2-4-15-5/h2-4H,1H3,(H3,11,12,13,14). The average molecular weight is 269 g/mol. The smallest absolute Gasteiger partial charge is 0.222 e. The Morgan fingerprint density at radius 2 is 2.27 bits per heavy atom. The van der Waals surface area contributed by atoms with Crippen LogP contribution in [-0.2, 0) is 0 Å². The van der Waals surface area contributed by atoms with E-state index in [4.69, 9.17) is 10.2 Å². The zero-order valence-corrected chi connectivity index (χ0v) is 9.58. The molecule has 3 N–H and O–H groups in total. The van der Waals surface area contributed by atoms with Crippen LogP contribution in [0.5, 0.6) is 0 Å². The molecule has 2 aromatic heterocycles. The van der Waals surface area contributed by atoms with Crippen molar-refractivity contribution < 1.29 is 4.42 Å². The summed E-state index contributed by atoms with van der Waals surface area (Å²) < 4.78 is 5.98. The summed E-state index contributed by atoms with van der Waals surface area (Å²) in [6.07, 6.45) is 1.58. The van der Waals surface area contributed by atoms with Crippen molar-refractivity contribution in [3.05, 3.63) is 22.9 Å².